The first-order valence-electron chi connectivity index (χ1n) is 8.04. The predicted molar refractivity (Wildman–Crippen MR) is 94.3 cm³/mol. The van der Waals surface area contributed by atoms with Crippen molar-refractivity contribution in [1.29, 1.82) is 0 Å². The first-order valence-corrected chi connectivity index (χ1v) is 8.04. The fourth-order valence-electron chi connectivity index (χ4n) is 2.42. The first-order chi connectivity index (χ1) is 12.4. The summed E-state index contributed by atoms with van der Waals surface area (Å²) >= 11 is 0. The zero-order valence-corrected chi connectivity index (χ0v) is 15.5. The second-order valence-electron chi connectivity index (χ2n) is 5.73. The molecular formula is C18H23N3O5. The minimum absolute atomic E-state index is 0.210. The smallest absolute Gasteiger partial charge is 0.343 e. The lowest BCUT2D eigenvalue weighted by Crippen LogP contribution is -2.27. The zero-order valence-electron chi connectivity index (χ0n) is 15.5. The third-order valence-corrected chi connectivity index (χ3v) is 4.09. The molecule has 8 nitrogen and oxygen atoms in total. The Labute approximate surface area is 152 Å². The number of methoxy groups -OCH3 is 2. The van der Waals surface area contributed by atoms with Crippen LogP contribution in [-0.4, -0.2) is 42.5 Å². The molecule has 8 heteroatoms. The molecule has 0 aliphatic rings. The van der Waals surface area contributed by atoms with Crippen LogP contribution in [0, 0.1) is 6.92 Å². The molecule has 0 spiro atoms. The number of ether oxygens (including phenoxy) is 3. The highest BCUT2D eigenvalue weighted by molar-refractivity contribution is 5.95. The molecule has 140 valence electrons. The molecule has 0 aliphatic heterocycles. The topological polar surface area (TPSA) is 91.7 Å². The highest BCUT2D eigenvalue weighted by atomic mass is 16.6. The summed E-state index contributed by atoms with van der Waals surface area (Å²) in [5.41, 5.74) is 2.31. The van der Waals surface area contributed by atoms with Gasteiger partial charge in [0.25, 0.3) is 5.91 Å². The maximum Gasteiger partial charge on any atom is 0.343 e. The second kappa shape index (κ2) is 8.37. The normalized spacial score (nSPS) is 11.6. The molecule has 0 saturated carbocycles. The molecular weight excluding hydrogens is 338 g/mol. The Hall–Kier alpha value is -3.03. The number of benzene rings is 1. The lowest BCUT2D eigenvalue weighted by atomic mass is 10.1. The van der Waals surface area contributed by atoms with E-state index < -0.39 is 5.97 Å². The standard InChI is InChI=1S/C18H23N3O5/c1-11(14-9-19-21(3)12(14)2)20-18(23)13-6-7-15(24-4)16(8-13)26-10-17(22)25-5/h6-9,11H,10H2,1-5H3,(H,20,23)/t11-/m1/s1. The maximum absolute atomic E-state index is 12.6. The van der Waals surface area contributed by atoms with Gasteiger partial charge in [-0.2, -0.15) is 5.10 Å². The summed E-state index contributed by atoms with van der Waals surface area (Å²) < 4.78 is 16.9. The van der Waals surface area contributed by atoms with Crippen molar-refractivity contribution < 1.29 is 23.8 Å². The summed E-state index contributed by atoms with van der Waals surface area (Å²) in [5.74, 6) is -0.0914. The monoisotopic (exact) mass is 361 g/mol. The molecule has 0 radical (unpaired) electrons. The quantitative estimate of drug-likeness (QED) is 0.756. The molecule has 1 atom stereocenters. The van der Waals surface area contributed by atoms with Crippen molar-refractivity contribution in [2.45, 2.75) is 19.9 Å². The molecule has 0 unspecified atom stereocenters. The van der Waals surface area contributed by atoms with Crippen LogP contribution in [0.2, 0.25) is 0 Å². The predicted octanol–water partition coefficient (Wildman–Crippen LogP) is 1.78. The van der Waals surface area contributed by atoms with Gasteiger partial charge in [0.15, 0.2) is 18.1 Å². The van der Waals surface area contributed by atoms with Crippen molar-refractivity contribution in [3.05, 3.63) is 41.2 Å². The molecule has 0 aliphatic carbocycles. The zero-order chi connectivity index (χ0) is 19.3. The Balaban J connectivity index is 2.15. The minimum Gasteiger partial charge on any atom is -0.493 e. The number of esters is 1. The average Bonchev–Trinajstić information content (AvgIpc) is 2.98. The van der Waals surface area contributed by atoms with Crippen LogP contribution < -0.4 is 14.8 Å². The molecule has 0 saturated heterocycles. The van der Waals surface area contributed by atoms with Gasteiger partial charge in [0.1, 0.15) is 0 Å². The third kappa shape index (κ3) is 4.33. The lowest BCUT2D eigenvalue weighted by Gasteiger charge is -2.15. The van der Waals surface area contributed by atoms with Gasteiger partial charge in [-0.1, -0.05) is 0 Å². The SMILES string of the molecule is COC(=O)COc1cc(C(=O)N[C@H](C)c2cnn(C)c2C)ccc1OC. The molecule has 1 aromatic carbocycles. The fraction of sp³-hybridized carbons (Fsp3) is 0.389. The molecule has 1 heterocycles. The van der Waals surface area contributed by atoms with Crippen molar-refractivity contribution in [2.24, 2.45) is 7.05 Å². The van der Waals surface area contributed by atoms with Crippen molar-refractivity contribution in [2.75, 3.05) is 20.8 Å². The molecule has 2 aromatic rings. The van der Waals surface area contributed by atoms with Gasteiger partial charge in [0.05, 0.1) is 26.5 Å². The van der Waals surface area contributed by atoms with E-state index in [9.17, 15) is 9.59 Å². The van der Waals surface area contributed by atoms with Crippen LogP contribution in [0.25, 0.3) is 0 Å². The van der Waals surface area contributed by atoms with Crippen LogP contribution >= 0.6 is 0 Å². The Morgan fingerprint density at radius 2 is 2.00 bits per heavy atom. The molecule has 1 N–H and O–H groups in total. The Bertz CT molecular complexity index is 800. The summed E-state index contributed by atoms with van der Waals surface area (Å²) in [6.07, 6.45) is 1.74. The van der Waals surface area contributed by atoms with E-state index in [0.29, 0.717) is 11.3 Å². The maximum atomic E-state index is 12.6. The van der Waals surface area contributed by atoms with E-state index in [2.05, 4.69) is 15.2 Å². The van der Waals surface area contributed by atoms with Gasteiger partial charge in [-0.3, -0.25) is 9.48 Å². The van der Waals surface area contributed by atoms with Crippen molar-refractivity contribution in [3.8, 4) is 11.5 Å². The molecule has 26 heavy (non-hydrogen) atoms. The van der Waals surface area contributed by atoms with Gasteiger partial charge in [-0.25, -0.2) is 4.79 Å². The number of nitrogens with one attached hydrogen (secondary N) is 1. The van der Waals surface area contributed by atoms with E-state index in [-0.39, 0.29) is 24.3 Å². The number of nitrogens with zero attached hydrogens (tertiary/aromatic N) is 2. The van der Waals surface area contributed by atoms with Crippen LogP contribution in [0.3, 0.4) is 0 Å². The average molecular weight is 361 g/mol. The molecule has 1 amide bonds. The number of hydrogen-bond acceptors (Lipinski definition) is 6. The van der Waals surface area contributed by atoms with Crippen LogP contribution in [0.1, 0.15) is 34.6 Å². The minimum atomic E-state index is -0.525. The fourth-order valence-corrected chi connectivity index (χ4v) is 2.42. The van der Waals surface area contributed by atoms with Gasteiger partial charge >= 0.3 is 5.97 Å². The molecule has 2 rings (SSSR count). The van der Waals surface area contributed by atoms with E-state index in [0.717, 1.165) is 11.3 Å². The van der Waals surface area contributed by atoms with Gasteiger partial charge in [-0.05, 0) is 32.0 Å². The third-order valence-electron chi connectivity index (χ3n) is 4.09. The Kier molecular flexibility index (Phi) is 6.21. The number of aryl methyl sites for hydroxylation is 1. The largest absolute Gasteiger partial charge is 0.493 e. The Morgan fingerprint density at radius 3 is 2.58 bits per heavy atom. The summed E-state index contributed by atoms with van der Waals surface area (Å²) in [6.45, 7) is 3.56. The molecule has 0 bridgehead atoms. The van der Waals surface area contributed by atoms with Crippen LogP contribution in [-0.2, 0) is 16.6 Å². The number of carbonyl (C=O) groups excluding carboxylic acids is 2. The number of hydrogen-bond donors (Lipinski definition) is 1. The van der Waals surface area contributed by atoms with E-state index in [1.54, 1.807) is 23.0 Å². The highest BCUT2D eigenvalue weighted by Gasteiger charge is 2.17. The van der Waals surface area contributed by atoms with Crippen molar-refractivity contribution >= 4 is 11.9 Å². The van der Waals surface area contributed by atoms with E-state index >= 15 is 0 Å². The summed E-state index contributed by atoms with van der Waals surface area (Å²) in [7, 11) is 4.60. The lowest BCUT2D eigenvalue weighted by molar-refractivity contribution is -0.142. The van der Waals surface area contributed by atoms with Crippen LogP contribution in [0.4, 0.5) is 0 Å². The summed E-state index contributed by atoms with van der Waals surface area (Å²) in [5, 5.41) is 7.12. The summed E-state index contributed by atoms with van der Waals surface area (Å²) in [4.78, 5) is 23.8. The van der Waals surface area contributed by atoms with Gasteiger partial charge < -0.3 is 19.5 Å². The van der Waals surface area contributed by atoms with E-state index in [4.69, 9.17) is 9.47 Å². The number of rotatable bonds is 7. The van der Waals surface area contributed by atoms with E-state index in [1.165, 1.54) is 20.3 Å². The molecule has 1 aromatic heterocycles. The van der Waals surface area contributed by atoms with Gasteiger partial charge in [-0.15, -0.1) is 0 Å². The second-order valence-corrected chi connectivity index (χ2v) is 5.73. The van der Waals surface area contributed by atoms with Crippen LogP contribution in [0.5, 0.6) is 11.5 Å². The number of amides is 1. The number of aromatic nitrogens is 2. The van der Waals surface area contributed by atoms with Crippen molar-refractivity contribution in [3.63, 3.8) is 0 Å². The number of carbonyl (C=O) groups is 2. The highest BCUT2D eigenvalue weighted by Crippen LogP contribution is 2.28. The first kappa shape index (κ1) is 19.3. The van der Waals surface area contributed by atoms with Gasteiger partial charge in [0, 0.05) is 23.9 Å². The van der Waals surface area contributed by atoms with Crippen LogP contribution in [0.15, 0.2) is 24.4 Å². The van der Waals surface area contributed by atoms with E-state index in [1.807, 2.05) is 20.9 Å². The van der Waals surface area contributed by atoms with Gasteiger partial charge in [0.2, 0.25) is 0 Å². The Morgan fingerprint density at radius 1 is 1.27 bits per heavy atom. The van der Waals surface area contributed by atoms with Crippen molar-refractivity contribution in [1.82, 2.24) is 15.1 Å². The summed E-state index contributed by atoms with van der Waals surface area (Å²) in [6, 6.07) is 4.56. The molecule has 0 fully saturated rings.